The summed E-state index contributed by atoms with van der Waals surface area (Å²) in [6.07, 6.45) is 4.25. The van der Waals surface area contributed by atoms with E-state index in [1.807, 2.05) is 12.1 Å². The van der Waals surface area contributed by atoms with Crippen LogP contribution in [-0.2, 0) is 11.3 Å². The van der Waals surface area contributed by atoms with Crippen molar-refractivity contribution in [3.63, 3.8) is 0 Å². The molecular formula is C22H34N2O4. The Balaban J connectivity index is 1.59. The van der Waals surface area contributed by atoms with E-state index < -0.39 is 0 Å². The molecule has 0 N–H and O–H groups in total. The summed E-state index contributed by atoms with van der Waals surface area (Å²) in [4.78, 5) is 17.4. The Morgan fingerprint density at radius 3 is 2.32 bits per heavy atom. The Kier molecular flexibility index (Phi) is 7.05. The van der Waals surface area contributed by atoms with Crippen LogP contribution < -0.4 is 14.2 Å². The highest BCUT2D eigenvalue weighted by molar-refractivity contribution is 5.79. The molecule has 2 fully saturated rings. The first kappa shape index (κ1) is 20.8. The van der Waals surface area contributed by atoms with Gasteiger partial charge in [-0.1, -0.05) is 13.0 Å². The number of likely N-dealkylation sites (tertiary alicyclic amines) is 2. The topological polar surface area (TPSA) is 51.2 Å². The molecule has 0 saturated carbocycles. The highest BCUT2D eigenvalue weighted by Crippen LogP contribution is 2.40. The third kappa shape index (κ3) is 4.54. The monoisotopic (exact) mass is 390 g/mol. The quantitative estimate of drug-likeness (QED) is 0.747. The summed E-state index contributed by atoms with van der Waals surface area (Å²) in [7, 11) is 4.91. The van der Waals surface area contributed by atoms with E-state index in [-0.39, 0.29) is 5.92 Å². The van der Waals surface area contributed by atoms with Crippen molar-refractivity contribution in [2.45, 2.75) is 39.2 Å². The Morgan fingerprint density at radius 1 is 1.00 bits per heavy atom. The smallest absolute Gasteiger partial charge is 0.225 e. The van der Waals surface area contributed by atoms with Crippen molar-refractivity contribution >= 4 is 5.91 Å². The number of nitrogens with zero attached hydrogens (tertiary/aromatic N) is 2. The first-order valence-corrected chi connectivity index (χ1v) is 10.4. The molecule has 0 spiro atoms. The summed E-state index contributed by atoms with van der Waals surface area (Å²) >= 11 is 0. The van der Waals surface area contributed by atoms with Crippen molar-refractivity contribution in [3.05, 3.63) is 17.7 Å². The minimum atomic E-state index is 0.175. The molecule has 0 aromatic heterocycles. The summed E-state index contributed by atoms with van der Waals surface area (Å²) in [5.74, 6) is 3.20. The fourth-order valence-corrected chi connectivity index (χ4v) is 4.51. The van der Waals surface area contributed by atoms with Crippen molar-refractivity contribution in [3.8, 4) is 17.2 Å². The molecule has 28 heavy (non-hydrogen) atoms. The van der Waals surface area contributed by atoms with Gasteiger partial charge >= 0.3 is 0 Å². The summed E-state index contributed by atoms with van der Waals surface area (Å²) < 4.78 is 16.5. The van der Waals surface area contributed by atoms with E-state index in [0.717, 1.165) is 63.3 Å². The number of carbonyl (C=O) groups is 1. The molecule has 6 nitrogen and oxygen atoms in total. The first-order valence-electron chi connectivity index (χ1n) is 10.4. The number of amides is 1. The van der Waals surface area contributed by atoms with Crippen LogP contribution in [0.15, 0.2) is 12.1 Å². The lowest BCUT2D eigenvalue weighted by Crippen LogP contribution is -2.45. The Labute approximate surface area is 168 Å². The molecule has 0 bridgehead atoms. The van der Waals surface area contributed by atoms with Crippen LogP contribution in [0.25, 0.3) is 0 Å². The molecule has 2 aliphatic heterocycles. The Hall–Kier alpha value is -1.95. The highest BCUT2D eigenvalue weighted by Gasteiger charge is 2.31. The SMILES string of the molecule is COc1ccc(CN2CCC(C(=O)N3CCC[C@H](C)C3)CC2)c(OC)c1OC. The lowest BCUT2D eigenvalue weighted by atomic mass is 9.92. The largest absolute Gasteiger partial charge is 0.493 e. The standard InChI is InChI=1S/C22H34N2O4/c1-16-6-5-11-24(14-16)22(25)17-9-12-23(13-10-17)15-18-7-8-19(26-2)21(28-4)20(18)27-3/h7-8,16-17H,5-6,9-15H2,1-4H3/t16-/m0/s1. The third-order valence-electron chi connectivity index (χ3n) is 6.09. The van der Waals surface area contributed by atoms with Crippen molar-refractivity contribution < 1.29 is 19.0 Å². The Bertz CT molecular complexity index is 671. The molecular weight excluding hydrogens is 356 g/mol. The van der Waals surface area contributed by atoms with Crippen LogP contribution in [0.5, 0.6) is 17.2 Å². The average Bonchev–Trinajstić information content (AvgIpc) is 2.73. The number of hydrogen-bond acceptors (Lipinski definition) is 5. The van der Waals surface area contributed by atoms with E-state index in [9.17, 15) is 4.79 Å². The van der Waals surface area contributed by atoms with E-state index in [4.69, 9.17) is 14.2 Å². The maximum atomic E-state index is 12.9. The van der Waals surface area contributed by atoms with Gasteiger partial charge in [0.25, 0.3) is 0 Å². The zero-order valence-corrected chi connectivity index (χ0v) is 17.7. The summed E-state index contributed by atoms with van der Waals surface area (Å²) in [6.45, 7) is 6.76. The van der Waals surface area contributed by atoms with E-state index in [0.29, 0.717) is 23.3 Å². The molecule has 0 radical (unpaired) electrons. The van der Waals surface area contributed by atoms with Gasteiger partial charge in [0.05, 0.1) is 21.3 Å². The molecule has 1 aromatic rings. The molecule has 2 heterocycles. The van der Waals surface area contributed by atoms with Crippen molar-refractivity contribution in [1.82, 2.24) is 9.80 Å². The van der Waals surface area contributed by atoms with Gasteiger partial charge in [0.15, 0.2) is 11.5 Å². The van der Waals surface area contributed by atoms with Crippen LogP contribution in [-0.4, -0.2) is 63.2 Å². The second-order valence-electron chi connectivity index (χ2n) is 8.08. The van der Waals surface area contributed by atoms with E-state index in [1.54, 1.807) is 21.3 Å². The fourth-order valence-electron chi connectivity index (χ4n) is 4.51. The lowest BCUT2D eigenvalue weighted by molar-refractivity contribution is -0.138. The molecule has 0 unspecified atom stereocenters. The van der Waals surface area contributed by atoms with Gasteiger partial charge in [-0.05, 0) is 50.8 Å². The average molecular weight is 391 g/mol. The third-order valence-corrected chi connectivity index (χ3v) is 6.09. The van der Waals surface area contributed by atoms with Crippen LogP contribution >= 0.6 is 0 Å². The summed E-state index contributed by atoms with van der Waals surface area (Å²) in [6, 6.07) is 3.96. The van der Waals surface area contributed by atoms with Gasteiger partial charge in [0.2, 0.25) is 11.7 Å². The number of piperidine rings is 2. The number of methoxy groups -OCH3 is 3. The predicted molar refractivity (Wildman–Crippen MR) is 109 cm³/mol. The molecule has 0 aliphatic carbocycles. The van der Waals surface area contributed by atoms with Crippen molar-refractivity contribution in [2.24, 2.45) is 11.8 Å². The van der Waals surface area contributed by atoms with Gasteiger partial charge in [0, 0.05) is 31.1 Å². The Morgan fingerprint density at radius 2 is 1.71 bits per heavy atom. The molecule has 6 heteroatoms. The van der Waals surface area contributed by atoms with E-state index in [2.05, 4.69) is 16.7 Å². The second-order valence-corrected chi connectivity index (χ2v) is 8.08. The van der Waals surface area contributed by atoms with Crippen LogP contribution in [0, 0.1) is 11.8 Å². The fraction of sp³-hybridized carbons (Fsp3) is 0.682. The van der Waals surface area contributed by atoms with Gasteiger partial charge < -0.3 is 19.1 Å². The van der Waals surface area contributed by atoms with Crippen LogP contribution in [0.4, 0.5) is 0 Å². The number of benzene rings is 1. The normalized spacial score (nSPS) is 21.4. The molecule has 156 valence electrons. The number of carbonyl (C=O) groups excluding carboxylic acids is 1. The molecule has 2 aliphatic rings. The lowest BCUT2D eigenvalue weighted by Gasteiger charge is -2.37. The number of rotatable bonds is 6. The number of hydrogen-bond donors (Lipinski definition) is 0. The zero-order chi connectivity index (χ0) is 20.1. The van der Waals surface area contributed by atoms with Gasteiger partial charge in [-0.25, -0.2) is 0 Å². The minimum absolute atomic E-state index is 0.175. The molecule has 1 aromatic carbocycles. The van der Waals surface area contributed by atoms with Gasteiger partial charge in [-0.15, -0.1) is 0 Å². The van der Waals surface area contributed by atoms with E-state index in [1.165, 1.54) is 6.42 Å². The van der Waals surface area contributed by atoms with E-state index >= 15 is 0 Å². The maximum Gasteiger partial charge on any atom is 0.225 e. The van der Waals surface area contributed by atoms with Crippen LogP contribution in [0.3, 0.4) is 0 Å². The summed E-state index contributed by atoms with van der Waals surface area (Å²) in [5.41, 5.74) is 1.08. The summed E-state index contributed by atoms with van der Waals surface area (Å²) in [5, 5.41) is 0. The molecule has 1 amide bonds. The molecule has 2 saturated heterocycles. The van der Waals surface area contributed by atoms with Crippen molar-refractivity contribution in [1.29, 1.82) is 0 Å². The van der Waals surface area contributed by atoms with Gasteiger partial charge in [-0.3, -0.25) is 9.69 Å². The minimum Gasteiger partial charge on any atom is -0.493 e. The van der Waals surface area contributed by atoms with Gasteiger partial charge in [0.1, 0.15) is 0 Å². The maximum absolute atomic E-state index is 12.9. The second kappa shape index (κ2) is 9.50. The molecule has 3 rings (SSSR count). The van der Waals surface area contributed by atoms with Crippen LogP contribution in [0.1, 0.15) is 38.2 Å². The first-order chi connectivity index (χ1) is 13.6. The van der Waals surface area contributed by atoms with Gasteiger partial charge in [-0.2, -0.15) is 0 Å². The zero-order valence-electron chi connectivity index (χ0n) is 17.7. The molecule has 1 atom stereocenters. The predicted octanol–water partition coefficient (Wildman–Crippen LogP) is 3.18. The van der Waals surface area contributed by atoms with Crippen LogP contribution in [0.2, 0.25) is 0 Å². The highest BCUT2D eigenvalue weighted by atomic mass is 16.5. The number of ether oxygens (including phenoxy) is 3. The van der Waals surface area contributed by atoms with Crippen molar-refractivity contribution in [2.75, 3.05) is 47.5 Å².